The highest BCUT2D eigenvalue weighted by atomic mass is 32.2. The highest BCUT2D eigenvalue weighted by Crippen LogP contribution is 2.36. The first-order valence-electron chi connectivity index (χ1n) is 11.0. The van der Waals surface area contributed by atoms with Crippen molar-refractivity contribution in [3.05, 3.63) is 42.1 Å². The van der Waals surface area contributed by atoms with Crippen LogP contribution in [-0.2, 0) is 15.0 Å². The van der Waals surface area contributed by atoms with Crippen molar-refractivity contribution in [2.24, 2.45) is 0 Å². The van der Waals surface area contributed by atoms with E-state index in [1.165, 1.54) is 23.1 Å². The Labute approximate surface area is 201 Å². The van der Waals surface area contributed by atoms with Crippen molar-refractivity contribution in [3.63, 3.8) is 0 Å². The summed E-state index contributed by atoms with van der Waals surface area (Å²) in [5.74, 6) is 0.720. The molecule has 1 N–H and O–H groups in total. The van der Waals surface area contributed by atoms with Crippen LogP contribution in [0.5, 0.6) is 0 Å². The number of aromatic nitrogens is 4. The van der Waals surface area contributed by atoms with Crippen LogP contribution in [0.1, 0.15) is 52.7 Å². The Morgan fingerprint density at radius 1 is 1.21 bits per heavy atom. The van der Waals surface area contributed by atoms with Gasteiger partial charge in [-0.05, 0) is 25.0 Å². The van der Waals surface area contributed by atoms with E-state index < -0.39 is 0 Å². The lowest BCUT2D eigenvalue weighted by Gasteiger charge is -2.17. The molecule has 0 radical (unpaired) electrons. The van der Waals surface area contributed by atoms with Crippen LogP contribution >= 0.6 is 23.1 Å². The number of nitrogens with zero attached hydrogens (tertiary/aromatic N) is 5. The van der Waals surface area contributed by atoms with Gasteiger partial charge in [0.25, 0.3) is 0 Å². The SMILES string of the molecule is CCC(=O)N(c1nnc(SCC(=O)Nc2cc(C(C)(C)C)nn2-c2ccccc2)s1)C1CC1. The number of thioether (sulfide) groups is 1. The smallest absolute Gasteiger partial charge is 0.235 e. The molecule has 0 atom stereocenters. The second-order valence-corrected chi connectivity index (χ2v) is 11.1. The van der Waals surface area contributed by atoms with E-state index in [4.69, 9.17) is 5.10 Å². The fourth-order valence-electron chi connectivity index (χ4n) is 3.24. The maximum atomic E-state index is 12.8. The summed E-state index contributed by atoms with van der Waals surface area (Å²) < 4.78 is 2.43. The highest BCUT2D eigenvalue weighted by molar-refractivity contribution is 8.01. The van der Waals surface area contributed by atoms with E-state index in [-0.39, 0.29) is 29.0 Å². The molecule has 174 valence electrons. The predicted octanol–water partition coefficient (Wildman–Crippen LogP) is 4.66. The number of nitrogens with one attached hydrogen (secondary N) is 1. The quantitative estimate of drug-likeness (QED) is 0.369. The number of benzene rings is 1. The summed E-state index contributed by atoms with van der Waals surface area (Å²) in [5, 5.41) is 16.7. The summed E-state index contributed by atoms with van der Waals surface area (Å²) in [6.07, 6.45) is 2.44. The van der Waals surface area contributed by atoms with Crippen molar-refractivity contribution in [2.45, 2.75) is 62.8 Å². The first-order chi connectivity index (χ1) is 15.8. The summed E-state index contributed by atoms with van der Waals surface area (Å²) >= 11 is 2.67. The summed E-state index contributed by atoms with van der Waals surface area (Å²) in [6.45, 7) is 8.12. The van der Waals surface area contributed by atoms with Gasteiger partial charge < -0.3 is 5.32 Å². The summed E-state index contributed by atoms with van der Waals surface area (Å²) in [6, 6.07) is 11.9. The van der Waals surface area contributed by atoms with Crippen LogP contribution in [0.15, 0.2) is 40.7 Å². The zero-order valence-corrected chi connectivity index (χ0v) is 20.9. The van der Waals surface area contributed by atoms with Gasteiger partial charge in [-0.15, -0.1) is 10.2 Å². The zero-order chi connectivity index (χ0) is 23.6. The normalized spacial score (nSPS) is 13.7. The minimum Gasteiger partial charge on any atom is -0.310 e. The van der Waals surface area contributed by atoms with Gasteiger partial charge in [-0.25, -0.2) is 4.68 Å². The third kappa shape index (κ3) is 5.62. The van der Waals surface area contributed by atoms with Crippen LogP contribution in [-0.4, -0.2) is 43.6 Å². The summed E-state index contributed by atoms with van der Waals surface area (Å²) in [5.41, 5.74) is 1.62. The van der Waals surface area contributed by atoms with Gasteiger partial charge in [0.05, 0.1) is 17.1 Å². The molecule has 2 aromatic heterocycles. The number of anilines is 2. The van der Waals surface area contributed by atoms with E-state index in [2.05, 4.69) is 36.3 Å². The molecule has 10 heteroatoms. The lowest BCUT2D eigenvalue weighted by Crippen LogP contribution is -2.32. The monoisotopic (exact) mass is 484 g/mol. The molecule has 2 heterocycles. The van der Waals surface area contributed by atoms with E-state index in [1.807, 2.05) is 43.3 Å². The molecule has 0 bridgehead atoms. The van der Waals surface area contributed by atoms with Crippen LogP contribution in [0.4, 0.5) is 10.9 Å². The Morgan fingerprint density at radius 3 is 2.58 bits per heavy atom. The molecular formula is C23H28N6O2S2. The fourth-order valence-corrected chi connectivity index (χ4v) is 4.97. The van der Waals surface area contributed by atoms with Crippen LogP contribution in [0, 0.1) is 0 Å². The standard InChI is InChI=1S/C23H28N6O2S2/c1-5-20(31)28(15-11-12-15)21-25-26-22(33-21)32-14-19(30)24-18-13-17(23(2,3)4)27-29(18)16-9-7-6-8-10-16/h6-10,13,15H,5,11-12,14H2,1-4H3,(H,24,30). The van der Waals surface area contributed by atoms with Gasteiger partial charge in [0, 0.05) is 23.9 Å². The van der Waals surface area contributed by atoms with Crippen molar-refractivity contribution in [1.82, 2.24) is 20.0 Å². The molecule has 3 aromatic rings. The third-order valence-corrected chi connectivity index (χ3v) is 7.21. The average molecular weight is 485 g/mol. The molecule has 0 spiro atoms. The fraction of sp³-hybridized carbons (Fsp3) is 0.435. The first-order valence-corrected chi connectivity index (χ1v) is 12.8. The first kappa shape index (κ1) is 23.4. The molecule has 2 amide bonds. The molecular weight excluding hydrogens is 456 g/mol. The zero-order valence-electron chi connectivity index (χ0n) is 19.2. The molecule has 1 fully saturated rings. The Kier molecular flexibility index (Phi) is 6.85. The lowest BCUT2D eigenvalue weighted by molar-refractivity contribution is -0.118. The Morgan fingerprint density at radius 2 is 1.94 bits per heavy atom. The topological polar surface area (TPSA) is 93.0 Å². The molecule has 8 nitrogen and oxygen atoms in total. The number of carbonyl (C=O) groups excluding carboxylic acids is 2. The van der Waals surface area contributed by atoms with Crippen LogP contribution in [0.2, 0.25) is 0 Å². The second-order valence-electron chi connectivity index (χ2n) is 8.95. The minimum absolute atomic E-state index is 0.0618. The number of hydrogen-bond acceptors (Lipinski definition) is 7. The van der Waals surface area contributed by atoms with Crippen LogP contribution in [0.25, 0.3) is 5.69 Å². The average Bonchev–Trinajstić information content (AvgIpc) is 3.34. The summed E-state index contributed by atoms with van der Waals surface area (Å²) in [7, 11) is 0. The highest BCUT2D eigenvalue weighted by Gasteiger charge is 2.35. The molecule has 33 heavy (non-hydrogen) atoms. The van der Waals surface area contributed by atoms with Crippen LogP contribution in [0.3, 0.4) is 0 Å². The van der Waals surface area contributed by atoms with Crippen molar-refractivity contribution in [3.8, 4) is 5.69 Å². The molecule has 1 aromatic carbocycles. The van der Waals surface area contributed by atoms with E-state index in [9.17, 15) is 9.59 Å². The Balaban J connectivity index is 1.44. The molecule has 1 aliphatic carbocycles. The maximum absolute atomic E-state index is 12.8. The van der Waals surface area contributed by atoms with Gasteiger partial charge in [0.15, 0.2) is 4.34 Å². The van der Waals surface area contributed by atoms with Gasteiger partial charge in [0.1, 0.15) is 5.82 Å². The van der Waals surface area contributed by atoms with Gasteiger partial charge in [0.2, 0.25) is 16.9 Å². The Hall–Kier alpha value is -2.72. The minimum atomic E-state index is -0.155. The Bertz CT molecular complexity index is 1130. The molecule has 0 aliphatic heterocycles. The number of rotatable bonds is 8. The largest absolute Gasteiger partial charge is 0.310 e. The molecule has 1 aliphatic rings. The molecule has 4 rings (SSSR count). The number of carbonyl (C=O) groups is 2. The molecule has 0 saturated heterocycles. The van der Waals surface area contributed by atoms with E-state index >= 15 is 0 Å². The van der Waals surface area contributed by atoms with Crippen molar-refractivity contribution < 1.29 is 9.59 Å². The number of amides is 2. The van der Waals surface area contributed by atoms with Crippen molar-refractivity contribution >= 4 is 45.9 Å². The van der Waals surface area contributed by atoms with E-state index in [0.717, 1.165) is 24.2 Å². The summed E-state index contributed by atoms with van der Waals surface area (Å²) in [4.78, 5) is 26.8. The second kappa shape index (κ2) is 9.64. The molecule has 0 unspecified atom stereocenters. The van der Waals surface area contributed by atoms with Gasteiger partial charge in [-0.1, -0.05) is 69.0 Å². The third-order valence-electron chi connectivity index (χ3n) is 5.16. The van der Waals surface area contributed by atoms with Gasteiger partial charge >= 0.3 is 0 Å². The van der Waals surface area contributed by atoms with Crippen molar-refractivity contribution in [1.29, 1.82) is 0 Å². The number of hydrogen-bond donors (Lipinski definition) is 1. The van der Waals surface area contributed by atoms with Gasteiger partial charge in [-0.2, -0.15) is 5.10 Å². The maximum Gasteiger partial charge on any atom is 0.235 e. The lowest BCUT2D eigenvalue weighted by atomic mass is 9.92. The number of para-hydroxylation sites is 1. The van der Waals surface area contributed by atoms with Crippen molar-refractivity contribution in [2.75, 3.05) is 16.0 Å². The van der Waals surface area contributed by atoms with E-state index in [1.54, 1.807) is 9.58 Å². The van der Waals surface area contributed by atoms with E-state index in [0.29, 0.717) is 21.7 Å². The van der Waals surface area contributed by atoms with Crippen LogP contribution < -0.4 is 10.2 Å². The predicted molar refractivity (Wildman–Crippen MR) is 132 cm³/mol. The molecule has 1 saturated carbocycles. The van der Waals surface area contributed by atoms with Gasteiger partial charge in [-0.3, -0.25) is 14.5 Å².